The van der Waals surface area contributed by atoms with Crippen LogP contribution in [-0.2, 0) is 18.9 Å². The number of pyridine rings is 1. The standard InChI is InChI=1S/C15H15BrN2O2/c1-18-6-5-13(8-14(18)19)15(20)17-10-12-4-2-3-11(7-12)9-16/h2-8H,9-10H2,1H3,(H,17,20). The van der Waals surface area contributed by atoms with Crippen LogP contribution in [0, 0.1) is 0 Å². The summed E-state index contributed by atoms with van der Waals surface area (Å²) < 4.78 is 1.43. The molecule has 0 aliphatic heterocycles. The first-order chi connectivity index (χ1) is 9.60. The number of halogens is 1. The van der Waals surface area contributed by atoms with Crippen molar-refractivity contribution in [3.05, 3.63) is 69.6 Å². The second kappa shape index (κ2) is 6.52. The number of carbonyl (C=O) groups is 1. The number of nitrogens with zero attached hydrogens (tertiary/aromatic N) is 1. The largest absolute Gasteiger partial charge is 0.348 e. The minimum Gasteiger partial charge on any atom is -0.348 e. The molecule has 1 aromatic carbocycles. The third kappa shape index (κ3) is 3.57. The SMILES string of the molecule is Cn1ccc(C(=O)NCc2cccc(CBr)c2)cc1=O. The molecule has 4 nitrogen and oxygen atoms in total. The van der Waals surface area contributed by atoms with E-state index in [1.807, 2.05) is 24.3 Å². The van der Waals surface area contributed by atoms with Crippen molar-refractivity contribution in [1.29, 1.82) is 0 Å². The molecule has 0 unspecified atom stereocenters. The Labute approximate surface area is 125 Å². The lowest BCUT2D eigenvalue weighted by Crippen LogP contribution is -2.25. The summed E-state index contributed by atoms with van der Waals surface area (Å²) in [6.45, 7) is 0.439. The lowest BCUT2D eigenvalue weighted by molar-refractivity contribution is 0.0950. The highest BCUT2D eigenvalue weighted by Gasteiger charge is 2.06. The van der Waals surface area contributed by atoms with E-state index >= 15 is 0 Å². The smallest absolute Gasteiger partial charge is 0.251 e. The molecule has 20 heavy (non-hydrogen) atoms. The molecule has 0 atom stereocenters. The number of amides is 1. The van der Waals surface area contributed by atoms with Gasteiger partial charge in [-0.15, -0.1) is 0 Å². The maximum Gasteiger partial charge on any atom is 0.251 e. The molecule has 0 aliphatic rings. The van der Waals surface area contributed by atoms with Crippen LogP contribution < -0.4 is 10.9 Å². The topological polar surface area (TPSA) is 51.1 Å². The Morgan fingerprint density at radius 3 is 2.70 bits per heavy atom. The van der Waals surface area contributed by atoms with Crippen LogP contribution in [-0.4, -0.2) is 10.5 Å². The summed E-state index contributed by atoms with van der Waals surface area (Å²) in [6.07, 6.45) is 1.59. The second-order valence-electron chi connectivity index (χ2n) is 4.50. The number of benzene rings is 1. The van der Waals surface area contributed by atoms with Gasteiger partial charge >= 0.3 is 0 Å². The number of hydrogen-bond acceptors (Lipinski definition) is 2. The molecule has 0 spiro atoms. The fraction of sp³-hybridized carbons (Fsp3) is 0.200. The minimum absolute atomic E-state index is 0.195. The Hall–Kier alpha value is -1.88. The molecule has 0 aliphatic carbocycles. The number of alkyl halides is 1. The Morgan fingerprint density at radius 2 is 2.00 bits per heavy atom. The molecular formula is C15H15BrN2O2. The van der Waals surface area contributed by atoms with Gasteiger partial charge in [-0.05, 0) is 17.2 Å². The molecule has 104 valence electrons. The fourth-order valence-corrected chi connectivity index (χ4v) is 2.15. The fourth-order valence-electron chi connectivity index (χ4n) is 1.80. The van der Waals surface area contributed by atoms with Gasteiger partial charge in [0.2, 0.25) is 0 Å². The number of carbonyl (C=O) groups excluding carboxylic acids is 1. The predicted molar refractivity (Wildman–Crippen MR) is 81.9 cm³/mol. The lowest BCUT2D eigenvalue weighted by Gasteiger charge is -2.07. The van der Waals surface area contributed by atoms with E-state index in [0.717, 1.165) is 16.5 Å². The molecule has 0 saturated heterocycles. The normalized spacial score (nSPS) is 10.3. The molecule has 5 heteroatoms. The van der Waals surface area contributed by atoms with Crippen molar-refractivity contribution in [2.24, 2.45) is 7.05 Å². The van der Waals surface area contributed by atoms with E-state index in [9.17, 15) is 9.59 Å². The third-order valence-corrected chi connectivity index (χ3v) is 3.61. The van der Waals surface area contributed by atoms with E-state index in [4.69, 9.17) is 0 Å². The predicted octanol–water partition coefficient (Wildman–Crippen LogP) is 2.21. The van der Waals surface area contributed by atoms with Crippen LogP contribution in [0.5, 0.6) is 0 Å². The van der Waals surface area contributed by atoms with Crippen LogP contribution >= 0.6 is 15.9 Å². The van der Waals surface area contributed by atoms with Gasteiger partial charge in [-0.3, -0.25) is 9.59 Å². The average molecular weight is 335 g/mol. The van der Waals surface area contributed by atoms with Crippen molar-refractivity contribution in [3.63, 3.8) is 0 Å². The molecule has 0 radical (unpaired) electrons. The van der Waals surface area contributed by atoms with Gasteiger partial charge in [-0.1, -0.05) is 40.2 Å². The lowest BCUT2D eigenvalue weighted by atomic mass is 10.1. The monoisotopic (exact) mass is 334 g/mol. The Balaban J connectivity index is 2.04. The van der Waals surface area contributed by atoms with Gasteiger partial charge in [0.15, 0.2) is 0 Å². The van der Waals surface area contributed by atoms with Crippen LogP contribution in [0.25, 0.3) is 0 Å². The molecule has 2 aromatic rings. The number of aryl methyl sites for hydroxylation is 1. The number of aromatic nitrogens is 1. The van der Waals surface area contributed by atoms with Crippen molar-refractivity contribution in [2.75, 3.05) is 0 Å². The molecule has 1 aromatic heterocycles. The Kier molecular flexibility index (Phi) is 4.74. The molecule has 1 heterocycles. The summed E-state index contributed by atoms with van der Waals surface area (Å²) >= 11 is 3.40. The van der Waals surface area contributed by atoms with E-state index in [0.29, 0.717) is 12.1 Å². The van der Waals surface area contributed by atoms with Crippen LogP contribution in [0.15, 0.2) is 47.4 Å². The van der Waals surface area contributed by atoms with Crippen LogP contribution in [0.3, 0.4) is 0 Å². The Bertz CT molecular complexity index is 680. The van der Waals surface area contributed by atoms with Gasteiger partial charge in [0, 0.05) is 36.7 Å². The number of nitrogens with one attached hydrogen (secondary N) is 1. The average Bonchev–Trinajstić information content (AvgIpc) is 2.47. The van der Waals surface area contributed by atoms with E-state index in [-0.39, 0.29) is 11.5 Å². The minimum atomic E-state index is -0.244. The summed E-state index contributed by atoms with van der Waals surface area (Å²) in [5.41, 5.74) is 2.37. The maximum absolute atomic E-state index is 12.0. The van der Waals surface area contributed by atoms with Crippen molar-refractivity contribution < 1.29 is 4.79 Å². The van der Waals surface area contributed by atoms with E-state index in [2.05, 4.69) is 21.2 Å². The van der Waals surface area contributed by atoms with E-state index in [1.165, 1.54) is 10.6 Å². The van der Waals surface area contributed by atoms with Gasteiger partial charge in [0.05, 0.1) is 0 Å². The third-order valence-electron chi connectivity index (χ3n) is 2.97. The molecule has 0 fully saturated rings. The first-order valence-electron chi connectivity index (χ1n) is 6.19. The van der Waals surface area contributed by atoms with Crippen LogP contribution in [0.1, 0.15) is 21.5 Å². The first-order valence-corrected chi connectivity index (χ1v) is 7.31. The second-order valence-corrected chi connectivity index (χ2v) is 5.06. The Morgan fingerprint density at radius 1 is 1.25 bits per heavy atom. The summed E-state index contributed by atoms with van der Waals surface area (Å²) in [6, 6.07) is 10.9. The summed E-state index contributed by atoms with van der Waals surface area (Å²) in [4.78, 5) is 23.4. The molecule has 0 saturated carbocycles. The van der Waals surface area contributed by atoms with Crippen molar-refractivity contribution >= 4 is 21.8 Å². The van der Waals surface area contributed by atoms with Crippen molar-refractivity contribution in [3.8, 4) is 0 Å². The zero-order chi connectivity index (χ0) is 14.5. The highest BCUT2D eigenvalue weighted by Crippen LogP contribution is 2.08. The van der Waals surface area contributed by atoms with Gasteiger partial charge in [-0.2, -0.15) is 0 Å². The number of hydrogen-bond donors (Lipinski definition) is 1. The highest BCUT2D eigenvalue weighted by atomic mass is 79.9. The van der Waals surface area contributed by atoms with Gasteiger partial charge < -0.3 is 9.88 Å². The van der Waals surface area contributed by atoms with Gasteiger partial charge in [-0.25, -0.2) is 0 Å². The number of rotatable bonds is 4. The first kappa shape index (κ1) is 14.5. The molecular weight excluding hydrogens is 320 g/mol. The van der Waals surface area contributed by atoms with Crippen LogP contribution in [0.2, 0.25) is 0 Å². The molecule has 1 amide bonds. The van der Waals surface area contributed by atoms with Crippen molar-refractivity contribution in [2.45, 2.75) is 11.9 Å². The van der Waals surface area contributed by atoms with E-state index in [1.54, 1.807) is 19.3 Å². The van der Waals surface area contributed by atoms with Crippen LogP contribution in [0.4, 0.5) is 0 Å². The van der Waals surface area contributed by atoms with Gasteiger partial charge in [0.25, 0.3) is 11.5 Å². The maximum atomic E-state index is 12.0. The van der Waals surface area contributed by atoms with Gasteiger partial charge in [0.1, 0.15) is 0 Å². The zero-order valence-electron chi connectivity index (χ0n) is 11.1. The van der Waals surface area contributed by atoms with Crippen molar-refractivity contribution in [1.82, 2.24) is 9.88 Å². The summed E-state index contributed by atoms with van der Waals surface area (Å²) in [5, 5.41) is 3.59. The summed E-state index contributed by atoms with van der Waals surface area (Å²) in [5.74, 6) is -0.244. The quantitative estimate of drug-likeness (QED) is 0.871. The summed E-state index contributed by atoms with van der Waals surface area (Å²) in [7, 11) is 1.65. The molecule has 0 bridgehead atoms. The van der Waals surface area contributed by atoms with E-state index < -0.39 is 0 Å². The molecule has 1 N–H and O–H groups in total. The molecule has 2 rings (SSSR count). The highest BCUT2D eigenvalue weighted by molar-refractivity contribution is 9.08. The zero-order valence-corrected chi connectivity index (χ0v) is 12.7.